The molecule has 0 aliphatic rings. The van der Waals surface area contributed by atoms with Crippen LogP contribution in [0, 0.1) is 11.7 Å². The van der Waals surface area contributed by atoms with Crippen molar-refractivity contribution in [3.05, 3.63) is 24.0 Å². The highest BCUT2D eigenvalue weighted by molar-refractivity contribution is 5.97. The van der Waals surface area contributed by atoms with Crippen molar-refractivity contribution in [1.29, 1.82) is 0 Å². The second-order valence-electron chi connectivity index (χ2n) is 5.68. The van der Waals surface area contributed by atoms with Crippen LogP contribution in [-0.4, -0.2) is 31.1 Å². The first-order chi connectivity index (χ1) is 11.2. The van der Waals surface area contributed by atoms with E-state index in [2.05, 4.69) is 20.7 Å². The van der Waals surface area contributed by atoms with E-state index in [0.717, 1.165) is 6.07 Å². The second-order valence-corrected chi connectivity index (χ2v) is 5.68. The highest BCUT2D eigenvalue weighted by atomic mass is 19.1. The lowest BCUT2D eigenvalue weighted by atomic mass is 10.0. The third-order valence-corrected chi connectivity index (χ3v) is 3.05. The molecule has 0 aromatic heterocycles. The smallest absolute Gasteiger partial charge is 0.407 e. The molecule has 3 amide bonds. The molecule has 0 aliphatic carbocycles. The number of rotatable bonds is 6. The van der Waals surface area contributed by atoms with Gasteiger partial charge in [0.05, 0.1) is 12.8 Å². The molecule has 3 N–H and O–H groups in total. The molecule has 1 aromatic carbocycles. The van der Waals surface area contributed by atoms with Gasteiger partial charge in [-0.05, 0) is 30.5 Å². The predicted molar refractivity (Wildman–Crippen MR) is 88.1 cm³/mol. The van der Waals surface area contributed by atoms with Crippen LogP contribution in [-0.2, 0) is 14.3 Å². The molecular weight excluding hydrogens is 317 g/mol. The van der Waals surface area contributed by atoms with Gasteiger partial charge in [-0.3, -0.25) is 9.59 Å². The zero-order valence-electron chi connectivity index (χ0n) is 14.1. The van der Waals surface area contributed by atoms with Crippen LogP contribution >= 0.6 is 0 Å². The van der Waals surface area contributed by atoms with E-state index in [4.69, 9.17) is 0 Å². The second kappa shape index (κ2) is 8.85. The van der Waals surface area contributed by atoms with Gasteiger partial charge < -0.3 is 20.7 Å². The number of amides is 3. The number of benzene rings is 1. The summed E-state index contributed by atoms with van der Waals surface area (Å²) >= 11 is 0. The molecule has 0 heterocycles. The minimum Gasteiger partial charge on any atom is -0.453 e. The van der Waals surface area contributed by atoms with Crippen LogP contribution in [0.4, 0.5) is 20.6 Å². The molecule has 7 nitrogen and oxygen atoms in total. The lowest BCUT2D eigenvalue weighted by Gasteiger charge is -2.20. The van der Waals surface area contributed by atoms with Crippen LogP contribution in [0.1, 0.15) is 27.2 Å². The van der Waals surface area contributed by atoms with Crippen molar-refractivity contribution in [3.8, 4) is 0 Å². The number of anilines is 2. The minimum absolute atomic E-state index is 0.0910. The summed E-state index contributed by atoms with van der Waals surface area (Å²) in [5.41, 5.74) is 0.257. The number of nitrogens with one attached hydrogen (secondary N) is 3. The minimum atomic E-state index is -0.874. The van der Waals surface area contributed by atoms with Gasteiger partial charge in [0.2, 0.25) is 11.8 Å². The van der Waals surface area contributed by atoms with Crippen molar-refractivity contribution in [2.75, 3.05) is 17.7 Å². The van der Waals surface area contributed by atoms with Crippen LogP contribution in [0.2, 0.25) is 0 Å². The van der Waals surface area contributed by atoms with Crippen molar-refractivity contribution < 1.29 is 23.5 Å². The fourth-order valence-corrected chi connectivity index (χ4v) is 2.03. The Balaban J connectivity index is 2.92. The average molecular weight is 339 g/mol. The number of ether oxygens (including phenoxy) is 1. The molecular formula is C16H22FN3O4. The summed E-state index contributed by atoms with van der Waals surface area (Å²) in [5.74, 6) is -1.43. The summed E-state index contributed by atoms with van der Waals surface area (Å²) in [6.45, 7) is 5.09. The van der Waals surface area contributed by atoms with Crippen LogP contribution in [0.25, 0.3) is 0 Å². The van der Waals surface area contributed by atoms with Gasteiger partial charge in [0, 0.05) is 12.6 Å². The first-order valence-corrected chi connectivity index (χ1v) is 7.45. The number of alkyl carbamates (subject to hydrolysis) is 1. The molecule has 132 valence electrons. The van der Waals surface area contributed by atoms with Gasteiger partial charge >= 0.3 is 6.09 Å². The third-order valence-electron chi connectivity index (χ3n) is 3.05. The summed E-state index contributed by atoms with van der Waals surface area (Å²) in [7, 11) is 1.19. The van der Waals surface area contributed by atoms with Crippen LogP contribution < -0.4 is 16.0 Å². The summed E-state index contributed by atoms with van der Waals surface area (Å²) in [4.78, 5) is 34.8. The predicted octanol–water partition coefficient (Wildman–Crippen LogP) is 2.49. The van der Waals surface area contributed by atoms with Crippen molar-refractivity contribution >= 4 is 29.3 Å². The Bertz CT molecular complexity index is 619. The highest BCUT2D eigenvalue weighted by Crippen LogP contribution is 2.20. The molecule has 1 rings (SSSR count). The first-order valence-electron chi connectivity index (χ1n) is 7.45. The lowest BCUT2D eigenvalue weighted by molar-refractivity contribution is -0.118. The monoisotopic (exact) mass is 339 g/mol. The average Bonchev–Trinajstić information content (AvgIpc) is 2.48. The van der Waals surface area contributed by atoms with Gasteiger partial charge in [-0.1, -0.05) is 13.8 Å². The topological polar surface area (TPSA) is 96.5 Å². The van der Waals surface area contributed by atoms with Crippen molar-refractivity contribution in [3.63, 3.8) is 0 Å². The Hall–Kier alpha value is -2.64. The molecule has 0 spiro atoms. The molecule has 0 saturated carbocycles. The number of halogens is 1. The van der Waals surface area contributed by atoms with E-state index in [9.17, 15) is 18.8 Å². The van der Waals surface area contributed by atoms with Gasteiger partial charge in [-0.15, -0.1) is 0 Å². The maximum atomic E-state index is 13.9. The summed E-state index contributed by atoms with van der Waals surface area (Å²) in [6, 6.07) is 2.94. The van der Waals surface area contributed by atoms with Crippen LogP contribution in [0.15, 0.2) is 18.2 Å². The molecule has 0 bridgehead atoms. The van der Waals surface area contributed by atoms with Crippen LogP contribution in [0.3, 0.4) is 0 Å². The Morgan fingerprint density at radius 1 is 1.21 bits per heavy atom. The van der Waals surface area contributed by atoms with Gasteiger partial charge in [-0.2, -0.15) is 0 Å². The van der Waals surface area contributed by atoms with E-state index in [0.29, 0.717) is 12.1 Å². The quantitative estimate of drug-likeness (QED) is 0.742. The van der Waals surface area contributed by atoms with Crippen molar-refractivity contribution in [2.45, 2.75) is 33.2 Å². The number of carbonyl (C=O) groups excluding carboxylic acids is 3. The van der Waals surface area contributed by atoms with E-state index in [1.165, 1.54) is 26.2 Å². The van der Waals surface area contributed by atoms with E-state index in [1.807, 2.05) is 13.8 Å². The standard InChI is InChI=1S/C16H22FN3O4/c1-9(2)7-14(20-16(23)24-4)15(22)19-13-8-11(18-10(3)21)5-6-12(13)17/h5-6,8-9,14H,7H2,1-4H3,(H,18,21)(H,19,22)(H,20,23)/t14-/m1/s1. The van der Waals surface area contributed by atoms with Gasteiger partial charge in [0.1, 0.15) is 11.9 Å². The van der Waals surface area contributed by atoms with Crippen molar-refractivity contribution in [2.24, 2.45) is 5.92 Å². The van der Waals surface area contributed by atoms with Gasteiger partial charge in [0.15, 0.2) is 0 Å². The van der Waals surface area contributed by atoms with Crippen LogP contribution in [0.5, 0.6) is 0 Å². The fraction of sp³-hybridized carbons (Fsp3) is 0.438. The van der Waals surface area contributed by atoms with E-state index in [-0.39, 0.29) is 17.5 Å². The molecule has 1 atom stereocenters. The maximum Gasteiger partial charge on any atom is 0.407 e. The molecule has 0 aliphatic heterocycles. The van der Waals surface area contributed by atoms with E-state index >= 15 is 0 Å². The van der Waals surface area contributed by atoms with Gasteiger partial charge in [0.25, 0.3) is 0 Å². The Morgan fingerprint density at radius 2 is 1.88 bits per heavy atom. The molecule has 8 heteroatoms. The van der Waals surface area contributed by atoms with Gasteiger partial charge in [-0.25, -0.2) is 9.18 Å². The summed E-state index contributed by atoms with van der Waals surface area (Å²) < 4.78 is 18.4. The Labute approximate surface area is 139 Å². The summed E-state index contributed by atoms with van der Waals surface area (Å²) in [5, 5.41) is 7.34. The third kappa shape index (κ3) is 6.23. The first kappa shape index (κ1) is 19.4. The number of carbonyl (C=O) groups is 3. The molecule has 1 aromatic rings. The fourth-order valence-electron chi connectivity index (χ4n) is 2.03. The zero-order chi connectivity index (χ0) is 18.3. The Morgan fingerprint density at radius 3 is 2.42 bits per heavy atom. The van der Waals surface area contributed by atoms with E-state index < -0.39 is 23.9 Å². The Kier molecular flexibility index (Phi) is 7.16. The van der Waals surface area contributed by atoms with Crippen molar-refractivity contribution in [1.82, 2.24) is 5.32 Å². The molecule has 0 fully saturated rings. The number of hydrogen-bond acceptors (Lipinski definition) is 4. The lowest BCUT2D eigenvalue weighted by Crippen LogP contribution is -2.44. The molecule has 0 unspecified atom stereocenters. The zero-order valence-corrected chi connectivity index (χ0v) is 14.1. The molecule has 0 saturated heterocycles. The summed E-state index contributed by atoms with van der Waals surface area (Å²) in [6.07, 6.45) is -0.392. The number of hydrogen-bond donors (Lipinski definition) is 3. The number of methoxy groups -OCH3 is 1. The molecule has 0 radical (unpaired) electrons. The normalized spacial score (nSPS) is 11.6. The largest absolute Gasteiger partial charge is 0.453 e. The molecule has 24 heavy (non-hydrogen) atoms. The highest BCUT2D eigenvalue weighted by Gasteiger charge is 2.23. The SMILES string of the molecule is COC(=O)N[C@H](CC(C)C)C(=O)Nc1cc(NC(C)=O)ccc1F. The van der Waals surface area contributed by atoms with E-state index in [1.54, 1.807) is 0 Å². The maximum absolute atomic E-state index is 13.9.